The minimum Gasteiger partial charge on any atom is -0.358 e. The minimum absolute atomic E-state index is 0.179. The molecule has 0 spiro atoms. The smallest absolute Gasteiger partial charge is 0.292 e. The number of rotatable bonds is 4. The molecule has 2 aromatic heterocycles. The quantitative estimate of drug-likeness (QED) is 0.571. The predicted octanol–water partition coefficient (Wildman–Crippen LogP) is 3.60. The predicted molar refractivity (Wildman–Crippen MR) is 88.2 cm³/mol. The Kier molecular flexibility index (Phi) is 3.81. The number of benzene rings is 1. The molecule has 1 unspecified atom stereocenters. The van der Waals surface area contributed by atoms with Crippen LogP contribution in [0, 0.1) is 6.92 Å². The molecule has 3 aromatic rings. The van der Waals surface area contributed by atoms with Gasteiger partial charge in [0.05, 0.1) is 11.6 Å². The van der Waals surface area contributed by atoms with Crippen molar-refractivity contribution in [2.75, 3.05) is 0 Å². The number of carbonyl (C=O) groups excluding carboxylic acids is 2. The number of hydrogen-bond donors (Lipinski definition) is 2. The Bertz CT molecular complexity index is 834. The number of fused-ring (bicyclic) bond motifs is 1. The van der Waals surface area contributed by atoms with Crippen molar-refractivity contribution in [3.63, 3.8) is 0 Å². The Morgan fingerprint density at radius 1 is 1.18 bits per heavy atom. The normalized spacial score (nSPS) is 12.3. The third-order valence-electron chi connectivity index (χ3n) is 3.64. The van der Waals surface area contributed by atoms with Gasteiger partial charge in [-0.05, 0) is 31.4 Å². The SMILES string of the molecule is Cc1[nH]c2ccccc2c1C(=O)C(=O)NC(C)c1cccs1. The standard InChI is InChI=1S/C17H16N2O2S/c1-10(14-8-5-9-22-14)19-17(21)16(20)15-11(2)18-13-7-4-3-6-12(13)15/h3-10,18H,1-2H3,(H,19,21). The number of aromatic amines is 1. The fourth-order valence-electron chi connectivity index (χ4n) is 2.55. The summed E-state index contributed by atoms with van der Waals surface area (Å²) in [6.07, 6.45) is 0. The summed E-state index contributed by atoms with van der Waals surface area (Å²) in [6.45, 7) is 3.68. The Morgan fingerprint density at radius 3 is 2.68 bits per heavy atom. The molecule has 0 bridgehead atoms. The number of ketones is 1. The van der Waals surface area contributed by atoms with Crippen LogP contribution in [0.3, 0.4) is 0 Å². The van der Waals surface area contributed by atoms with Gasteiger partial charge in [-0.2, -0.15) is 0 Å². The molecule has 0 radical (unpaired) electrons. The Balaban J connectivity index is 1.86. The van der Waals surface area contributed by atoms with Gasteiger partial charge in [-0.25, -0.2) is 0 Å². The summed E-state index contributed by atoms with van der Waals surface area (Å²) in [5.41, 5.74) is 2.03. The number of carbonyl (C=O) groups is 2. The highest BCUT2D eigenvalue weighted by molar-refractivity contribution is 7.10. The second kappa shape index (κ2) is 5.77. The minimum atomic E-state index is -0.575. The zero-order chi connectivity index (χ0) is 15.7. The molecule has 2 heterocycles. The van der Waals surface area contributed by atoms with Gasteiger partial charge in [0, 0.05) is 21.5 Å². The molecule has 1 atom stereocenters. The van der Waals surface area contributed by atoms with Crippen LogP contribution in [-0.2, 0) is 4.79 Å². The highest BCUT2D eigenvalue weighted by atomic mass is 32.1. The number of amides is 1. The summed E-state index contributed by atoms with van der Waals surface area (Å²) >= 11 is 1.56. The van der Waals surface area contributed by atoms with Gasteiger partial charge in [0.15, 0.2) is 0 Å². The number of hydrogen-bond acceptors (Lipinski definition) is 3. The largest absolute Gasteiger partial charge is 0.358 e. The van der Waals surface area contributed by atoms with Crippen LogP contribution in [0.5, 0.6) is 0 Å². The topological polar surface area (TPSA) is 62.0 Å². The Labute approximate surface area is 132 Å². The lowest BCUT2D eigenvalue weighted by atomic mass is 10.1. The van der Waals surface area contributed by atoms with E-state index in [2.05, 4.69) is 10.3 Å². The van der Waals surface area contributed by atoms with E-state index in [1.807, 2.05) is 55.6 Å². The lowest BCUT2D eigenvalue weighted by molar-refractivity contribution is -0.117. The third-order valence-corrected chi connectivity index (χ3v) is 4.70. The molecule has 1 aromatic carbocycles. The number of thiophene rings is 1. The van der Waals surface area contributed by atoms with Crippen LogP contribution < -0.4 is 5.32 Å². The summed E-state index contributed by atoms with van der Waals surface area (Å²) < 4.78 is 0. The average molecular weight is 312 g/mol. The number of aryl methyl sites for hydroxylation is 1. The van der Waals surface area contributed by atoms with E-state index in [0.29, 0.717) is 11.3 Å². The summed E-state index contributed by atoms with van der Waals surface area (Å²) in [4.78, 5) is 29.0. The Hall–Kier alpha value is -2.40. The van der Waals surface area contributed by atoms with E-state index in [1.54, 1.807) is 11.3 Å². The second-order valence-corrected chi connectivity index (χ2v) is 6.19. The monoisotopic (exact) mass is 312 g/mol. The van der Waals surface area contributed by atoms with E-state index in [-0.39, 0.29) is 6.04 Å². The lowest BCUT2D eigenvalue weighted by Gasteiger charge is -2.11. The van der Waals surface area contributed by atoms with Crippen molar-refractivity contribution in [1.82, 2.24) is 10.3 Å². The molecule has 0 aliphatic carbocycles. The lowest BCUT2D eigenvalue weighted by Crippen LogP contribution is -2.33. The zero-order valence-corrected chi connectivity index (χ0v) is 13.2. The van der Waals surface area contributed by atoms with Crippen molar-refractivity contribution < 1.29 is 9.59 Å². The number of para-hydroxylation sites is 1. The molecule has 112 valence electrons. The van der Waals surface area contributed by atoms with Crippen LogP contribution in [0.15, 0.2) is 41.8 Å². The van der Waals surface area contributed by atoms with E-state index < -0.39 is 11.7 Å². The maximum Gasteiger partial charge on any atom is 0.292 e. The van der Waals surface area contributed by atoms with Crippen molar-refractivity contribution in [2.45, 2.75) is 19.9 Å². The zero-order valence-electron chi connectivity index (χ0n) is 12.3. The summed E-state index contributed by atoms with van der Waals surface area (Å²) in [5, 5.41) is 5.50. The van der Waals surface area contributed by atoms with Gasteiger partial charge in [0.1, 0.15) is 0 Å². The molecule has 2 N–H and O–H groups in total. The first-order chi connectivity index (χ1) is 10.6. The van der Waals surface area contributed by atoms with Gasteiger partial charge >= 0.3 is 0 Å². The number of Topliss-reactive ketones (excluding diaryl/α,β-unsaturated/α-hetero) is 1. The maximum atomic E-state index is 12.5. The highest BCUT2D eigenvalue weighted by Gasteiger charge is 2.24. The van der Waals surface area contributed by atoms with Crippen LogP contribution in [0.1, 0.15) is 33.9 Å². The van der Waals surface area contributed by atoms with Gasteiger partial charge < -0.3 is 10.3 Å². The van der Waals surface area contributed by atoms with E-state index in [0.717, 1.165) is 15.8 Å². The van der Waals surface area contributed by atoms with Crippen LogP contribution >= 0.6 is 11.3 Å². The van der Waals surface area contributed by atoms with Crippen LogP contribution in [0.2, 0.25) is 0 Å². The van der Waals surface area contributed by atoms with E-state index in [4.69, 9.17) is 0 Å². The van der Waals surface area contributed by atoms with Crippen molar-refractivity contribution in [2.24, 2.45) is 0 Å². The van der Waals surface area contributed by atoms with Crippen LogP contribution in [0.4, 0.5) is 0 Å². The number of H-pyrrole nitrogens is 1. The molecule has 0 saturated carbocycles. The van der Waals surface area contributed by atoms with Gasteiger partial charge in [-0.1, -0.05) is 24.3 Å². The summed E-state index contributed by atoms with van der Waals surface area (Å²) in [6, 6.07) is 11.2. The summed E-state index contributed by atoms with van der Waals surface area (Å²) in [7, 11) is 0. The van der Waals surface area contributed by atoms with Crippen LogP contribution in [0.25, 0.3) is 10.9 Å². The van der Waals surface area contributed by atoms with Crippen molar-refractivity contribution >= 4 is 33.9 Å². The van der Waals surface area contributed by atoms with Crippen molar-refractivity contribution in [3.05, 3.63) is 57.9 Å². The molecular weight excluding hydrogens is 296 g/mol. The van der Waals surface area contributed by atoms with Gasteiger partial charge in [-0.15, -0.1) is 11.3 Å². The van der Waals surface area contributed by atoms with E-state index >= 15 is 0 Å². The molecule has 0 aliphatic rings. The molecule has 1 amide bonds. The fraction of sp³-hybridized carbons (Fsp3) is 0.176. The molecule has 0 aliphatic heterocycles. The first-order valence-electron chi connectivity index (χ1n) is 7.04. The number of nitrogens with one attached hydrogen (secondary N) is 2. The first kappa shape index (κ1) is 14.5. The van der Waals surface area contributed by atoms with Gasteiger partial charge in [0.25, 0.3) is 11.7 Å². The molecule has 5 heteroatoms. The number of aromatic nitrogens is 1. The first-order valence-corrected chi connectivity index (χ1v) is 7.92. The molecule has 3 rings (SSSR count). The maximum absolute atomic E-state index is 12.5. The fourth-order valence-corrected chi connectivity index (χ4v) is 3.29. The molecule has 0 fully saturated rings. The Morgan fingerprint density at radius 2 is 1.95 bits per heavy atom. The van der Waals surface area contributed by atoms with Gasteiger partial charge in [-0.3, -0.25) is 9.59 Å². The molecule has 0 saturated heterocycles. The second-order valence-electron chi connectivity index (χ2n) is 5.21. The third kappa shape index (κ3) is 2.55. The molecule has 4 nitrogen and oxygen atoms in total. The molecule has 22 heavy (non-hydrogen) atoms. The van der Waals surface area contributed by atoms with Gasteiger partial charge in [0.2, 0.25) is 0 Å². The van der Waals surface area contributed by atoms with E-state index in [9.17, 15) is 9.59 Å². The van der Waals surface area contributed by atoms with E-state index in [1.165, 1.54) is 0 Å². The van der Waals surface area contributed by atoms with Crippen molar-refractivity contribution in [1.29, 1.82) is 0 Å². The molecular formula is C17H16N2O2S. The van der Waals surface area contributed by atoms with Crippen molar-refractivity contribution in [3.8, 4) is 0 Å². The highest BCUT2D eigenvalue weighted by Crippen LogP contribution is 2.23. The average Bonchev–Trinajstić information content (AvgIpc) is 3.13. The summed E-state index contributed by atoms with van der Waals surface area (Å²) in [5.74, 6) is -1.08. The van der Waals surface area contributed by atoms with Crippen LogP contribution in [-0.4, -0.2) is 16.7 Å².